The second-order valence-corrected chi connectivity index (χ2v) is 9.90. The lowest BCUT2D eigenvalue weighted by atomic mass is 9.99. The van der Waals surface area contributed by atoms with Crippen LogP contribution in [0, 0.1) is 12.8 Å². The van der Waals surface area contributed by atoms with Crippen LogP contribution >= 0.6 is 0 Å². The molecule has 1 saturated heterocycles. The topological polar surface area (TPSA) is 97.3 Å². The largest absolute Gasteiger partial charge is 0.322 e. The van der Waals surface area contributed by atoms with Crippen LogP contribution in [0.1, 0.15) is 34.3 Å². The number of hydrogen-bond donors (Lipinski definition) is 2. The number of anilines is 1. The summed E-state index contributed by atoms with van der Waals surface area (Å²) in [5, 5.41) is 6.09. The van der Waals surface area contributed by atoms with E-state index in [1.165, 1.54) is 6.26 Å². The van der Waals surface area contributed by atoms with Crippen molar-refractivity contribution in [3.05, 3.63) is 63.6 Å². The number of aromatic nitrogens is 1. The van der Waals surface area contributed by atoms with Crippen LogP contribution in [0.3, 0.4) is 0 Å². The monoisotopic (exact) mass is 417 g/mol. The summed E-state index contributed by atoms with van der Waals surface area (Å²) in [4.78, 5) is 25.7. The minimum Gasteiger partial charge on any atom is -0.322 e. The van der Waals surface area contributed by atoms with E-state index < -0.39 is 15.7 Å². The van der Waals surface area contributed by atoms with Gasteiger partial charge in [-0.25, -0.2) is 8.42 Å². The van der Waals surface area contributed by atoms with Gasteiger partial charge in [-0.2, -0.15) is 0 Å². The molecule has 0 saturated carbocycles. The molecule has 1 unspecified atom stereocenters. The summed E-state index contributed by atoms with van der Waals surface area (Å²) in [6.45, 7) is 4.22. The Labute approximate surface area is 171 Å². The Balaban J connectivity index is 1.76. The molecule has 29 heavy (non-hydrogen) atoms. The number of carbonyl (C=O) groups is 1. The molecule has 0 spiro atoms. The molecular formula is C21H27N3O4S. The predicted molar refractivity (Wildman–Crippen MR) is 114 cm³/mol. The molecular weight excluding hydrogens is 390 g/mol. The van der Waals surface area contributed by atoms with Crippen LogP contribution in [0.25, 0.3) is 0 Å². The first-order valence-corrected chi connectivity index (χ1v) is 11.8. The molecule has 0 bridgehead atoms. The van der Waals surface area contributed by atoms with Crippen molar-refractivity contribution in [2.75, 3.05) is 24.7 Å². The highest BCUT2D eigenvalue weighted by Gasteiger charge is 2.19. The highest BCUT2D eigenvalue weighted by molar-refractivity contribution is 7.89. The second-order valence-electron chi connectivity index (χ2n) is 7.76. The Morgan fingerprint density at radius 1 is 1.24 bits per heavy atom. The lowest BCUT2D eigenvalue weighted by Gasteiger charge is -2.23. The van der Waals surface area contributed by atoms with Gasteiger partial charge in [0.05, 0.1) is 5.75 Å². The fraction of sp³-hybridized carbons (Fsp3) is 0.429. The van der Waals surface area contributed by atoms with Crippen LogP contribution in [0.5, 0.6) is 0 Å². The summed E-state index contributed by atoms with van der Waals surface area (Å²) in [5.41, 5.74) is 1.63. The smallest absolute Gasteiger partial charge is 0.263 e. The molecule has 3 rings (SSSR count). The Bertz CT molecular complexity index is 1040. The maximum atomic E-state index is 12.9. The minimum atomic E-state index is -3.12. The van der Waals surface area contributed by atoms with Gasteiger partial charge >= 0.3 is 0 Å². The average molecular weight is 418 g/mol. The Morgan fingerprint density at radius 3 is 2.59 bits per heavy atom. The van der Waals surface area contributed by atoms with Crippen molar-refractivity contribution in [1.29, 1.82) is 0 Å². The molecule has 1 amide bonds. The number of amides is 1. The number of nitrogens with zero attached hydrogens (tertiary/aromatic N) is 1. The molecule has 156 valence electrons. The van der Waals surface area contributed by atoms with Crippen molar-refractivity contribution in [2.24, 2.45) is 5.92 Å². The lowest BCUT2D eigenvalue weighted by molar-refractivity contribution is 0.102. The van der Waals surface area contributed by atoms with Crippen molar-refractivity contribution < 1.29 is 13.2 Å². The van der Waals surface area contributed by atoms with Gasteiger partial charge < -0.3 is 15.2 Å². The van der Waals surface area contributed by atoms with E-state index in [1.807, 2.05) is 0 Å². The zero-order valence-electron chi connectivity index (χ0n) is 16.8. The maximum Gasteiger partial charge on any atom is 0.263 e. The number of hydrogen-bond acceptors (Lipinski definition) is 5. The molecule has 0 aliphatic carbocycles. The first-order chi connectivity index (χ1) is 13.7. The van der Waals surface area contributed by atoms with E-state index in [4.69, 9.17) is 0 Å². The van der Waals surface area contributed by atoms with Gasteiger partial charge in [0.25, 0.3) is 11.5 Å². The first kappa shape index (κ1) is 21.3. The van der Waals surface area contributed by atoms with Crippen molar-refractivity contribution in [1.82, 2.24) is 9.88 Å². The molecule has 2 heterocycles. The molecule has 1 atom stereocenters. The molecule has 1 aliphatic heterocycles. The number of piperidine rings is 1. The zero-order chi connectivity index (χ0) is 21.0. The number of benzene rings is 1. The third kappa shape index (κ3) is 5.77. The predicted octanol–water partition coefficient (Wildman–Crippen LogP) is 1.95. The van der Waals surface area contributed by atoms with Gasteiger partial charge in [0, 0.05) is 24.7 Å². The van der Waals surface area contributed by atoms with Crippen molar-refractivity contribution in [3.8, 4) is 0 Å². The van der Waals surface area contributed by atoms with Crippen LogP contribution in [0.4, 0.5) is 5.69 Å². The van der Waals surface area contributed by atoms with E-state index in [2.05, 4.69) is 10.6 Å². The summed E-state index contributed by atoms with van der Waals surface area (Å²) in [6, 6.07) is 8.39. The molecule has 7 nitrogen and oxygen atoms in total. The number of nitrogens with one attached hydrogen (secondary N) is 2. The van der Waals surface area contributed by atoms with Crippen LogP contribution in [-0.4, -0.2) is 38.2 Å². The average Bonchev–Trinajstić information content (AvgIpc) is 2.65. The van der Waals surface area contributed by atoms with E-state index >= 15 is 0 Å². The zero-order valence-corrected chi connectivity index (χ0v) is 17.6. The first-order valence-electron chi connectivity index (χ1n) is 9.72. The number of sulfone groups is 1. The van der Waals surface area contributed by atoms with Gasteiger partial charge in [-0.05, 0) is 68.1 Å². The molecule has 1 aliphatic rings. The molecule has 2 aromatic rings. The third-order valence-electron chi connectivity index (χ3n) is 5.10. The lowest BCUT2D eigenvalue weighted by Crippen LogP contribution is -2.36. The highest BCUT2D eigenvalue weighted by atomic mass is 32.2. The van der Waals surface area contributed by atoms with Crippen LogP contribution in [-0.2, 0) is 22.1 Å². The van der Waals surface area contributed by atoms with E-state index in [0.717, 1.165) is 25.9 Å². The minimum absolute atomic E-state index is 0.0558. The summed E-state index contributed by atoms with van der Waals surface area (Å²) in [5.74, 6) is -0.137. The van der Waals surface area contributed by atoms with Gasteiger partial charge in [0.2, 0.25) is 0 Å². The fourth-order valence-electron chi connectivity index (χ4n) is 3.62. The van der Waals surface area contributed by atoms with Crippen LogP contribution in [0.15, 0.2) is 41.3 Å². The summed E-state index contributed by atoms with van der Waals surface area (Å²) in [7, 11) is -3.12. The standard InChI is InChI=1S/C21H27N3O4S/c1-15-9-11-24(13-17-4-3-10-22-12-17)21(26)19(15)20(25)23-18-7-5-16(6-8-18)14-29(2,27)28/h5-9,11,17,22H,3-4,10,12-14H2,1-2H3,(H,23,25). The summed E-state index contributed by atoms with van der Waals surface area (Å²) < 4.78 is 24.4. The SMILES string of the molecule is Cc1ccn(CC2CCCNC2)c(=O)c1C(=O)Nc1ccc(CS(C)(=O)=O)cc1. The van der Waals surface area contributed by atoms with Crippen molar-refractivity contribution >= 4 is 21.4 Å². The van der Waals surface area contributed by atoms with E-state index in [9.17, 15) is 18.0 Å². The highest BCUT2D eigenvalue weighted by Crippen LogP contribution is 2.15. The van der Waals surface area contributed by atoms with E-state index in [1.54, 1.807) is 48.0 Å². The van der Waals surface area contributed by atoms with Crippen molar-refractivity contribution in [3.63, 3.8) is 0 Å². The van der Waals surface area contributed by atoms with Crippen LogP contribution < -0.4 is 16.2 Å². The van der Waals surface area contributed by atoms with Gasteiger partial charge in [-0.15, -0.1) is 0 Å². The van der Waals surface area contributed by atoms with Crippen molar-refractivity contribution in [2.45, 2.75) is 32.1 Å². The Morgan fingerprint density at radius 2 is 1.97 bits per heavy atom. The molecule has 1 aromatic carbocycles. The molecule has 8 heteroatoms. The third-order valence-corrected chi connectivity index (χ3v) is 5.95. The molecule has 1 aromatic heterocycles. The fourth-order valence-corrected chi connectivity index (χ4v) is 4.42. The van der Waals surface area contributed by atoms with Gasteiger partial charge in [0.15, 0.2) is 9.84 Å². The van der Waals surface area contributed by atoms with Gasteiger partial charge in [0.1, 0.15) is 5.56 Å². The second kappa shape index (κ2) is 8.92. The number of carbonyl (C=O) groups excluding carboxylic acids is 1. The maximum absolute atomic E-state index is 12.9. The quantitative estimate of drug-likeness (QED) is 0.749. The summed E-state index contributed by atoms with van der Waals surface area (Å²) in [6.07, 6.45) is 5.08. The normalized spacial score (nSPS) is 17.1. The molecule has 1 fully saturated rings. The number of pyridine rings is 1. The summed E-state index contributed by atoms with van der Waals surface area (Å²) >= 11 is 0. The Kier molecular flexibility index (Phi) is 6.54. The number of rotatable bonds is 6. The van der Waals surface area contributed by atoms with Crippen LogP contribution in [0.2, 0.25) is 0 Å². The van der Waals surface area contributed by atoms with E-state index in [-0.39, 0.29) is 16.9 Å². The van der Waals surface area contributed by atoms with Gasteiger partial charge in [-0.1, -0.05) is 12.1 Å². The van der Waals surface area contributed by atoms with E-state index in [0.29, 0.717) is 29.3 Å². The molecule has 0 radical (unpaired) electrons. The number of aryl methyl sites for hydroxylation is 1. The van der Waals surface area contributed by atoms with Gasteiger partial charge in [-0.3, -0.25) is 9.59 Å². The molecule has 2 N–H and O–H groups in total. The Hall–Kier alpha value is -2.45.